The Kier molecular flexibility index (Phi) is 2.82. The van der Waals surface area contributed by atoms with Gasteiger partial charge in [-0.25, -0.2) is 0 Å². The molecular weight excluding hydrogens is 174 g/mol. The first-order chi connectivity index (χ1) is 6.88. The Balaban J connectivity index is 2.02. The predicted octanol–water partition coefficient (Wildman–Crippen LogP) is 2.47. The van der Waals surface area contributed by atoms with Crippen LogP contribution in [-0.4, -0.2) is 19.4 Å². The Morgan fingerprint density at radius 3 is 2.64 bits per heavy atom. The molecule has 0 saturated heterocycles. The van der Waals surface area contributed by atoms with Crippen LogP contribution < -0.4 is 4.74 Å². The minimum Gasteiger partial charge on any atom is -0.497 e. The SMILES string of the molecule is COc1ccc(CC2=NCCC2)cc1. The van der Waals surface area contributed by atoms with Gasteiger partial charge in [-0.3, -0.25) is 4.99 Å². The second-order valence-corrected chi connectivity index (χ2v) is 3.58. The third kappa shape index (κ3) is 2.13. The van der Waals surface area contributed by atoms with Gasteiger partial charge in [-0.15, -0.1) is 0 Å². The van der Waals surface area contributed by atoms with Crippen molar-refractivity contribution in [1.29, 1.82) is 0 Å². The quantitative estimate of drug-likeness (QED) is 0.715. The van der Waals surface area contributed by atoms with Crippen molar-refractivity contribution in [1.82, 2.24) is 0 Å². The molecule has 1 aromatic carbocycles. The van der Waals surface area contributed by atoms with Crippen LogP contribution in [0.4, 0.5) is 0 Å². The highest BCUT2D eigenvalue weighted by Crippen LogP contribution is 2.14. The number of hydrogen-bond donors (Lipinski definition) is 0. The lowest BCUT2D eigenvalue weighted by Gasteiger charge is -2.03. The molecular formula is C12H15NO. The number of hydrogen-bond acceptors (Lipinski definition) is 2. The van der Waals surface area contributed by atoms with Gasteiger partial charge in [0.2, 0.25) is 0 Å². The van der Waals surface area contributed by atoms with Crippen LogP contribution in [0.5, 0.6) is 5.75 Å². The fourth-order valence-electron chi connectivity index (χ4n) is 1.72. The number of rotatable bonds is 3. The molecule has 0 atom stereocenters. The Morgan fingerprint density at radius 2 is 2.07 bits per heavy atom. The van der Waals surface area contributed by atoms with Crippen LogP contribution in [0.15, 0.2) is 29.3 Å². The van der Waals surface area contributed by atoms with Crippen molar-refractivity contribution in [3.8, 4) is 5.75 Å². The van der Waals surface area contributed by atoms with Gasteiger partial charge < -0.3 is 4.74 Å². The van der Waals surface area contributed by atoms with Gasteiger partial charge in [0.15, 0.2) is 0 Å². The molecule has 0 radical (unpaired) electrons. The predicted molar refractivity (Wildman–Crippen MR) is 58.2 cm³/mol. The summed E-state index contributed by atoms with van der Waals surface area (Å²) in [5.74, 6) is 0.919. The van der Waals surface area contributed by atoms with Crippen LogP contribution in [0.3, 0.4) is 0 Å². The lowest BCUT2D eigenvalue weighted by molar-refractivity contribution is 0.414. The lowest BCUT2D eigenvalue weighted by atomic mass is 10.1. The molecule has 0 amide bonds. The fraction of sp³-hybridized carbons (Fsp3) is 0.417. The number of methoxy groups -OCH3 is 1. The summed E-state index contributed by atoms with van der Waals surface area (Å²) in [7, 11) is 1.69. The van der Waals surface area contributed by atoms with E-state index in [1.54, 1.807) is 7.11 Å². The van der Waals surface area contributed by atoms with Crippen molar-refractivity contribution in [2.24, 2.45) is 4.99 Å². The van der Waals surface area contributed by atoms with Crippen molar-refractivity contribution < 1.29 is 4.74 Å². The number of aliphatic imine (C=N–C) groups is 1. The van der Waals surface area contributed by atoms with E-state index in [1.165, 1.54) is 24.1 Å². The third-order valence-corrected chi connectivity index (χ3v) is 2.53. The van der Waals surface area contributed by atoms with Crippen LogP contribution in [0.25, 0.3) is 0 Å². The normalized spacial score (nSPS) is 15.4. The fourth-order valence-corrected chi connectivity index (χ4v) is 1.72. The van der Waals surface area contributed by atoms with E-state index in [4.69, 9.17) is 4.74 Å². The molecule has 0 fully saturated rings. The summed E-state index contributed by atoms with van der Waals surface area (Å²) in [5.41, 5.74) is 2.67. The van der Waals surface area contributed by atoms with Crippen LogP contribution in [0.1, 0.15) is 18.4 Å². The molecule has 0 aromatic heterocycles. The molecule has 0 unspecified atom stereocenters. The molecule has 74 valence electrons. The van der Waals surface area contributed by atoms with Crippen LogP contribution >= 0.6 is 0 Å². The van der Waals surface area contributed by atoms with Gasteiger partial charge in [-0.1, -0.05) is 12.1 Å². The summed E-state index contributed by atoms with van der Waals surface area (Å²) in [6.07, 6.45) is 3.40. The monoisotopic (exact) mass is 189 g/mol. The zero-order chi connectivity index (χ0) is 9.80. The number of ether oxygens (including phenoxy) is 1. The maximum absolute atomic E-state index is 5.11. The van der Waals surface area contributed by atoms with Gasteiger partial charge in [-0.05, 0) is 30.5 Å². The van der Waals surface area contributed by atoms with E-state index in [0.29, 0.717) is 0 Å². The first kappa shape index (κ1) is 9.25. The first-order valence-corrected chi connectivity index (χ1v) is 5.03. The highest BCUT2D eigenvalue weighted by atomic mass is 16.5. The summed E-state index contributed by atoms with van der Waals surface area (Å²) in [4.78, 5) is 4.46. The van der Waals surface area contributed by atoms with Gasteiger partial charge in [0.05, 0.1) is 7.11 Å². The van der Waals surface area contributed by atoms with Crippen molar-refractivity contribution in [2.45, 2.75) is 19.3 Å². The van der Waals surface area contributed by atoms with E-state index in [-0.39, 0.29) is 0 Å². The average molecular weight is 189 g/mol. The van der Waals surface area contributed by atoms with Crippen LogP contribution in [0, 0.1) is 0 Å². The van der Waals surface area contributed by atoms with Crippen molar-refractivity contribution in [3.05, 3.63) is 29.8 Å². The molecule has 1 heterocycles. The molecule has 2 nitrogen and oxygen atoms in total. The van der Waals surface area contributed by atoms with E-state index in [9.17, 15) is 0 Å². The molecule has 2 rings (SSSR count). The zero-order valence-electron chi connectivity index (χ0n) is 8.49. The molecule has 0 spiro atoms. The summed E-state index contributed by atoms with van der Waals surface area (Å²) in [6.45, 7) is 1.02. The average Bonchev–Trinajstić information content (AvgIpc) is 2.72. The second-order valence-electron chi connectivity index (χ2n) is 3.58. The first-order valence-electron chi connectivity index (χ1n) is 5.03. The molecule has 0 aliphatic carbocycles. The molecule has 14 heavy (non-hydrogen) atoms. The topological polar surface area (TPSA) is 21.6 Å². The van der Waals surface area contributed by atoms with Gasteiger partial charge in [0.25, 0.3) is 0 Å². The van der Waals surface area contributed by atoms with Gasteiger partial charge >= 0.3 is 0 Å². The highest BCUT2D eigenvalue weighted by Gasteiger charge is 2.06. The van der Waals surface area contributed by atoms with Crippen molar-refractivity contribution >= 4 is 5.71 Å². The van der Waals surface area contributed by atoms with E-state index >= 15 is 0 Å². The number of benzene rings is 1. The highest BCUT2D eigenvalue weighted by molar-refractivity contribution is 5.87. The lowest BCUT2D eigenvalue weighted by Crippen LogP contribution is -1.98. The second kappa shape index (κ2) is 4.27. The minimum absolute atomic E-state index is 0.919. The smallest absolute Gasteiger partial charge is 0.118 e. The minimum atomic E-state index is 0.919. The van der Waals surface area contributed by atoms with E-state index in [1.807, 2.05) is 12.1 Å². The van der Waals surface area contributed by atoms with Gasteiger partial charge in [-0.2, -0.15) is 0 Å². The van der Waals surface area contributed by atoms with Crippen molar-refractivity contribution in [2.75, 3.05) is 13.7 Å². The maximum atomic E-state index is 5.11. The van der Waals surface area contributed by atoms with Crippen LogP contribution in [-0.2, 0) is 6.42 Å². The molecule has 1 aromatic rings. The molecule has 0 N–H and O–H groups in total. The zero-order valence-corrected chi connectivity index (χ0v) is 8.49. The third-order valence-electron chi connectivity index (χ3n) is 2.53. The Morgan fingerprint density at radius 1 is 1.29 bits per heavy atom. The number of nitrogens with zero attached hydrogens (tertiary/aromatic N) is 1. The Hall–Kier alpha value is -1.31. The summed E-state index contributed by atoms with van der Waals surface area (Å²) in [5, 5.41) is 0. The molecule has 0 bridgehead atoms. The van der Waals surface area contributed by atoms with E-state index in [2.05, 4.69) is 17.1 Å². The van der Waals surface area contributed by atoms with E-state index < -0.39 is 0 Å². The van der Waals surface area contributed by atoms with E-state index in [0.717, 1.165) is 18.7 Å². The molecule has 1 aliphatic rings. The standard InChI is InChI=1S/C12H15NO/c1-14-12-6-4-10(5-7-12)9-11-3-2-8-13-11/h4-7H,2-3,8-9H2,1H3. The maximum Gasteiger partial charge on any atom is 0.118 e. The van der Waals surface area contributed by atoms with Gasteiger partial charge in [0.1, 0.15) is 5.75 Å². The summed E-state index contributed by atoms with van der Waals surface area (Å²) in [6, 6.07) is 8.23. The van der Waals surface area contributed by atoms with Gasteiger partial charge in [0, 0.05) is 18.7 Å². The molecule has 1 aliphatic heterocycles. The van der Waals surface area contributed by atoms with Crippen molar-refractivity contribution in [3.63, 3.8) is 0 Å². The van der Waals surface area contributed by atoms with Crippen LogP contribution in [0.2, 0.25) is 0 Å². The Bertz CT molecular complexity index is 327. The molecule has 0 saturated carbocycles. The summed E-state index contributed by atoms with van der Waals surface area (Å²) < 4.78 is 5.11. The summed E-state index contributed by atoms with van der Waals surface area (Å²) >= 11 is 0. The Labute approximate surface area is 84.6 Å². The largest absolute Gasteiger partial charge is 0.497 e. The molecule has 2 heteroatoms.